The first-order chi connectivity index (χ1) is 7.42. The first kappa shape index (κ1) is 13.2. The van der Waals surface area contributed by atoms with E-state index in [1.54, 1.807) is 4.68 Å². The van der Waals surface area contributed by atoms with Crippen molar-refractivity contribution in [1.82, 2.24) is 15.1 Å². The van der Waals surface area contributed by atoms with E-state index < -0.39 is 5.60 Å². The predicted octanol–water partition coefficient (Wildman–Crippen LogP) is 1.26. The molecule has 0 spiro atoms. The zero-order valence-corrected chi connectivity index (χ0v) is 10.7. The fraction of sp³-hybridized carbons (Fsp3) is 0.750. The summed E-state index contributed by atoms with van der Waals surface area (Å²) in [5.74, 6) is 0.639. The van der Waals surface area contributed by atoms with Crippen molar-refractivity contribution in [1.29, 1.82) is 0 Å². The molecule has 1 unspecified atom stereocenters. The highest BCUT2D eigenvalue weighted by molar-refractivity contribution is 5.08. The third-order valence-corrected chi connectivity index (χ3v) is 2.61. The SMILES string of the molecule is CC(C)CNCCC(C)(O)c1ccn(C)n1. The maximum Gasteiger partial charge on any atom is 0.107 e. The molecule has 0 bridgehead atoms. The van der Waals surface area contributed by atoms with Crippen molar-refractivity contribution < 1.29 is 5.11 Å². The van der Waals surface area contributed by atoms with Gasteiger partial charge in [-0.1, -0.05) is 13.8 Å². The van der Waals surface area contributed by atoms with Crippen LogP contribution in [0.25, 0.3) is 0 Å². The second kappa shape index (κ2) is 5.46. The van der Waals surface area contributed by atoms with Gasteiger partial charge < -0.3 is 10.4 Å². The summed E-state index contributed by atoms with van der Waals surface area (Å²) in [7, 11) is 1.86. The molecule has 16 heavy (non-hydrogen) atoms. The van der Waals surface area contributed by atoms with Crippen LogP contribution in [0.5, 0.6) is 0 Å². The summed E-state index contributed by atoms with van der Waals surface area (Å²) >= 11 is 0. The van der Waals surface area contributed by atoms with Crippen molar-refractivity contribution in [3.8, 4) is 0 Å². The molecule has 1 aromatic heterocycles. The van der Waals surface area contributed by atoms with Crippen molar-refractivity contribution in [3.63, 3.8) is 0 Å². The van der Waals surface area contributed by atoms with Gasteiger partial charge in [-0.15, -0.1) is 0 Å². The highest BCUT2D eigenvalue weighted by Crippen LogP contribution is 2.21. The summed E-state index contributed by atoms with van der Waals surface area (Å²) in [5.41, 5.74) is -0.105. The van der Waals surface area contributed by atoms with Gasteiger partial charge in [0.1, 0.15) is 5.60 Å². The summed E-state index contributed by atoms with van der Waals surface area (Å²) < 4.78 is 1.71. The lowest BCUT2D eigenvalue weighted by molar-refractivity contribution is 0.0428. The van der Waals surface area contributed by atoms with E-state index in [-0.39, 0.29) is 0 Å². The van der Waals surface area contributed by atoms with Crippen molar-refractivity contribution in [2.24, 2.45) is 13.0 Å². The molecule has 1 rings (SSSR count). The molecule has 2 N–H and O–H groups in total. The summed E-state index contributed by atoms with van der Waals surface area (Å²) in [4.78, 5) is 0. The number of aliphatic hydroxyl groups is 1. The Morgan fingerprint density at radius 1 is 1.56 bits per heavy atom. The molecule has 0 aliphatic rings. The molecule has 1 atom stereocenters. The van der Waals surface area contributed by atoms with Gasteiger partial charge in [0.05, 0.1) is 5.69 Å². The van der Waals surface area contributed by atoms with Crippen LogP contribution in [0.1, 0.15) is 32.9 Å². The summed E-state index contributed by atoms with van der Waals surface area (Å²) in [6.07, 6.45) is 2.53. The lowest BCUT2D eigenvalue weighted by Crippen LogP contribution is -2.30. The Labute approximate surface area is 97.7 Å². The molecule has 0 fully saturated rings. The van der Waals surface area contributed by atoms with Crippen LogP contribution in [0.2, 0.25) is 0 Å². The minimum Gasteiger partial charge on any atom is -0.384 e. The molecule has 0 saturated carbocycles. The molecule has 0 radical (unpaired) electrons. The molecule has 1 heterocycles. The van der Waals surface area contributed by atoms with Gasteiger partial charge in [0.15, 0.2) is 0 Å². The Morgan fingerprint density at radius 3 is 2.75 bits per heavy atom. The maximum absolute atomic E-state index is 10.2. The average molecular weight is 225 g/mol. The highest BCUT2D eigenvalue weighted by atomic mass is 16.3. The minimum atomic E-state index is -0.842. The van der Waals surface area contributed by atoms with E-state index >= 15 is 0 Å². The van der Waals surface area contributed by atoms with Gasteiger partial charge in [0, 0.05) is 13.2 Å². The molecule has 0 amide bonds. The highest BCUT2D eigenvalue weighted by Gasteiger charge is 2.24. The van der Waals surface area contributed by atoms with E-state index in [2.05, 4.69) is 24.3 Å². The molecule has 0 aliphatic heterocycles. The number of hydrogen-bond donors (Lipinski definition) is 2. The van der Waals surface area contributed by atoms with Gasteiger partial charge in [0.25, 0.3) is 0 Å². The number of aryl methyl sites for hydroxylation is 1. The van der Waals surface area contributed by atoms with Crippen molar-refractivity contribution >= 4 is 0 Å². The van der Waals surface area contributed by atoms with Crippen LogP contribution in [0.15, 0.2) is 12.3 Å². The molecule has 0 aliphatic carbocycles. The summed E-state index contributed by atoms with van der Waals surface area (Å²) in [6, 6.07) is 1.86. The largest absolute Gasteiger partial charge is 0.384 e. The number of hydrogen-bond acceptors (Lipinski definition) is 3. The zero-order valence-electron chi connectivity index (χ0n) is 10.7. The van der Waals surface area contributed by atoms with Crippen LogP contribution >= 0.6 is 0 Å². The van der Waals surface area contributed by atoms with Crippen LogP contribution < -0.4 is 5.32 Å². The van der Waals surface area contributed by atoms with E-state index in [1.807, 2.05) is 26.2 Å². The molecule has 0 aromatic carbocycles. The second-order valence-electron chi connectivity index (χ2n) is 5.00. The molecule has 0 saturated heterocycles. The molecule has 92 valence electrons. The number of nitrogens with zero attached hydrogens (tertiary/aromatic N) is 2. The van der Waals surface area contributed by atoms with Crippen LogP contribution in [-0.2, 0) is 12.6 Å². The van der Waals surface area contributed by atoms with Gasteiger partial charge in [-0.05, 0) is 38.4 Å². The van der Waals surface area contributed by atoms with Crippen LogP contribution in [-0.4, -0.2) is 28.0 Å². The Kier molecular flexibility index (Phi) is 4.50. The smallest absolute Gasteiger partial charge is 0.107 e. The Morgan fingerprint density at radius 2 is 2.25 bits per heavy atom. The van der Waals surface area contributed by atoms with Crippen LogP contribution in [0.4, 0.5) is 0 Å². The fourth-order valence-corrected chi connectivity index (χ4v) is 1.55. The molecule has 4 heteroatoms. The van der Waals surface area contributed by atoms with E-state index in [9.17, 15) is 5.11 Å². The van der Waals surface area contributed by atoms with Crippen molar-refractivity contribution in [2.45, 2.75) is 32.8 Å². The molecule has 4 nitrogen and oxygen atoms in total. The molecular weight excluding hydrogens is 202 g/mol. The second-order valence-corrected chi connectivity index (χ2v) is 5.00. The van der Waals surface area contributed by atoms with Crippen LogP contribution in [0, 0.1) is 5.92 Å². The predicted molar refractivity (Wildman–Crippen MR) is 65.1 cm³/mol. The Balaban J connectivity index is 2.40. The van der Waals surface area contributed by atoms with Crippen molar-refractivity contribution in [2.75, 3.05) is 13.1 Å². The number of rotatable bonds is 6. The number of nitrogens with one attached hydrogen (secondary N) is 1. The normalized spacial score (nSPS) is 15.4. The quantitative estimate of drug-likeness (QED) is 0.717. The van der Waals surface area contributed by atoms with E-state index in [0.29, 0.717) is 12.3 Å². The van der Waals surface area contributed by atoms with Gasteiger partial charge in [-0.25, -0.2) is 0 Å². The standard InChI is InChI=1S/C12H23N3O/c1-10(2)9-13-7-6-12(3,16)11-5-8-15(4)14-11/h5,8,10,13,16H,6-7,9H2,1-4H3. The van der Waals surface area contributed by atoms with E-state index in [0.717, 1.165) is 18.8 Å². The van der Waals surface area contributed by atoms with Crippen molar-refractivity contribution in [3.05, 3.63) is 18.0 Å². The third-order valence-electron chi connectivity index (χ3n) is 2.61. The van der Waals surface area contributed by atoms with E-state index in [4.69, 9.17) is 0 Å². The maximum atomic E-state index is 10.2. The monoisotopic (exact) mass is 225 g/mol. The van der Waals surface area contributed by atoms with Gasteiger partial charge in [0.2, 0.25) is 0 Å². The summed E-state index contributed by atoms with van der Waals surface area (Å²) in [5, 5.41) is 17.8. The van der Waals surface area contributed by atoms with Gasteiger partial charge in [-0.3, -0.25) is 4.68 Å². The molecule has 1 aromatic rings. The first-order valence-electron chi connectivity index (χ1n) is 5.85. The van der Waals surface area contributed by atoms with Gasteiger partial charge >= 0.3 is 0 Å². The lowest BCUT2D eigenvalue weighted by Gasteiger charge is -2.21. The Hall–Kier alpha value is -0.870. The Bertz CT molecular complexity index is 318. The molecular formula is C12H23N3O. The van der Waals surface area contributed by atoms with E-state index in [1.165, 1.54) is 0 Å². The van der Waals surface area contributed by atoms with Gasteiger partial charge in [-0.2, -0.15) is 5.10 Å². The fourth-order valence-electron chi connectivity index (χ4n) is 1.55. The first-order valence-corrected chi connectivity index (χ1v) is 5.85. The minimum absolute atomic E-state index is 0.639. The lowest BCUT2D eigenvalue weighted by atomic mass is 9.98. The average Bonchev–Trinajstić information content (AvgIpc) is 2.60. The third kappa shape index (κ3) is 3.94. The van der Waals surface area contributed by atoms with Crippen LogP contribution in [0.3, 0.4) is 0 Å². The number of aromatic nitrogens is 2. The topological polar surface area (TPSA) is 50.1 Å². The summed E-state index contributed by atoms with van der Waals surface area (Å²) in [6.45, 7) is 7.94. The zero-order chi connectivity index (χ0) is 12.2.